The van der Waals surface area contributed by atoms with E-state index in [0.717, 1.165) is 0 Å². The highest BCUT2D eigenvalue weighted by Gasteiger charge is 2.03. The molecule has 0 saturated carbocycles. The number of hydrogen-bond donors (Lipinski definition) is 1. The molecule has 0 unspecified atom stereocenters. The zero-order chi connectivity index (χ0) is 11.4. The molecule has 0 radical (unpaired) electrons. The summed E-state index contributed by atoms with van der Waals surface area (Å²) in [7, 11) is 0. The van der Waals surface area contributed by atoms with E-state index in [1.165, 1.54) is 17.1 Å². The topological polar surface area (TPSA) is 77.2 Å². The smallest absolute Gasteiger partial charge is 0.325 e. The number of aliphatic carboxylic acids is 1. The van der Waals surface area contributed by atoms with Gasteiger partial charge < -0.3 is 9.84 Å². The lowest BCUT2D eigenvalue weighted by atomic mass is 10.4. The van der Waals surface area contributed by atoms with E-state index in [1.807, 2.05) is 0 Å². The first-order chi connectivity index (χ1) is 7.74. The number of rotatable bonds is 4. The van der Waals surface area contributed by atoms with Crippen LogP contribution in [0, 0.1) is 0 Å². The minimum absolute atomic E-state index is 0.181. The van der Waals surface area contributed by atoms with Crippen LogP contribution in [-0.2, 0) is 11.3 Å². The Bertz CT molecular complexity index is 481. The number of nitrogens with zero attached hydrogens (tertiary/aromatic N) is 3. The predicted molar refractivity (Wildman–Crippen MR) is 54.2 cm³/mol. The maximum Gasteiger partial charge on any atom is 0.325 e. The Morgan fingerprint density at radius 2 is 2.12 bits per heavy atom. The van der Waals surface area contributed by atoms with E-state index in [0.29, 0.717) is 11.5 Å². The highest BCUT2D eigenvalue weighted by Crippen LogP contribution is 2.18. The third-order valence-corrected chi connectivity index (χ3v) is 1.79. The molecule has 0 aliphatic heterocycles. The third kappa shape index (κ3) is 2.57. The van der Waals surface area contributed by atoms with Crippen LogP contribution in [0.25, 0.3) is 0 Å². The van der Waals surface area contributed by atoms with Gasteiger partial charge in [-0.2, -0.15) is 5.10 Å². The Morgan fingerprint density at radius 1 is 1.38 bits per heavy atom. The van der Waals surface area contributed by atoms with Crippen molar-refractivity contribution in [3.05, 3.63) is 36.9 Å². The van der Waals surface area contributed by atoms with Crippen LogP contribution in [0.3, 0.4) is 0 Å². The molecule has 6 nitrogen and oxygen atoms in total. The van der Waals surface area contributed by atoms with Gasteiger partial charge in [0.1, 0.15) is 12.3 Å². The van der Waals surface area contributed by atoms with Gasteiger partial charge in [-0.15, -0.1) is 0 Å². The molecule has 1 N–H and O–H groups in total. The van der Waals surface area contributed by atoms with E-state index in [9.17, 15) is 4.79 Å². The minimum atomic E-state index is -0.946. The molecular weight excluding hydrogens is 210 g/mol. The van der Waals surface area contributed by atoms with Gasteiger partial charge in [-0.3, -0.25) is 14.5 Å². The van der Waals surface area contributed by atoms with Crippen LogP contribution in [0.1, 0.15) is 0 Å². The summed E-state index contributed by atoms with van der Waals surface area (Å²) in [4.78, 5) is 14.3. The van der Waals surface area contributed by atoms with Gasteiger partial charge >= 0.3 is 5.97 Å². The average Bonchev–Trinajstić information content (AvgIpc) is 2.66. The van der Waals surface area contributed by atoms with Crippen LogP contribution in [0.4, 0.5) is 0 Å². The second-order valence-corrected chi connectivity index (χ2v) is 3.05. The molecule has 0 aromatic carbocycles. The lowest BCUT2D eigenvalue weighted by Gasteiger charge is -2.00. The van der Waals surface area contributed by atoms with E-state index < -0.39 is 5.97 Å². The van der Waals surface area contributed by atoms with Gasteiger partial charge in [-0.25, -0.2) is 0 Å². The maximum absolute atomic E-state index is 10.4. The highest BCUT2D eigenvalue weighted by molar-refractivity contribution is 5.66. The van der Waals surface area contributed by atoms with E-state index in [4.69, 9.17) is 9.84 Å². The highest BCUT2D eigenvalue weighted by atomic mass is 16.5. The third-order valence-electron chi connectivity index (χ3n) is 1.79. The van der Waals surface area contributed by atoms with Crippen LogP contribution in [-0.4, -0.2) is 25.8 Å². The van der Waals surface area contributed by atoms with Gasteiger partial charge in [-0.05, 0) is 12.1 Å². The first kappa shape index (κ1) is 10.2. The number of pyridine rings is 1. The summed E-state index contributed by atoms with van der Waals surface area (Å²) in [5.41, 5.74) is 0. The molecule has 0 amide bonds. The van der Waals surface area contributed by atoms with Crippen molar-refractivity contribution in [2.24, 2.45) is 0 Å². The van der Waals surface area contributed by atoms with Crippen molar-refractivity contribution in [1.82, 2.24) is 14.8 Å². The normalized spacial score (nSPS) is 10.0. The summed E-state index contributed by atoms with van der Waals surface area (Å²) in [6, 6.07) is 3.41. The van der Waals surface area contributed by atoms with Crippen molar-refractivity contribution in [3.63, 3.8) is 0 Å². The summed E-state index contributed by atoms with van der Waals surface area (Å²) in [6.07, 6.45) is 6.20. The van der Waals surface area contributed by atoms with Gasteiger partial charge in [0.15, 0.2) is 5.75 Å². The van der Waals surface area contributed by atoms with Crippen LogP contribution >= 0.6 is 0 Å². The van der Waals surface area contributed by atoms with Gasteiger partial charge in [-0.1, -0.05) is 0 Å². The number of aromatic nitrogens is 3. The summed E-state index contributed by atoms with van der Waals surface area (Å²) in [6.45, 7) is -0.181. The standard InChI is InChI=1S/C10H9N3O3/c14-10(15)7-13-6-9(5-12-13)16-8-1-3-11-4-2-8/h1-6H,7H2,(H,14,15). The van der Waals surface area contributed by atoms with Crippen LogP contribution in [0.2, 0.25) is 0 Å². The van der Waals surface area contributed by atoms with Crippen molar-refractivity contribution >= 4 is 5.97 Å². The fourth-order valence-corrected chi connectivity index (χ4v) is 1.16. The zero-order valence-corrected chi connectivity index (χ0v) is 8.28. The van der Waals surface area contributed by atoms with Gasteiger partial charge in [0.05, 0.1) is 12.4 Å². The Morgan fingerprint density at radius 3 is 2.81 bits per heavy atom. The molecule has 2 heterocycles. The van der Waals surface area contributed by atoms with Crippen LogP contribution in [0.15, 0.2) is 36.9 Å². The average molecular weight is 219 g/mol. The number of carbonyl (C=O) groups is 1. The number of carboxylic acids is 1. The van der Waals surface area contributed by atoms with Crippen molar-refractivity contribution in [3.8, 4) is 11.5 Å². The van der Waals surface area contributed by atoms with Gasteiger partial charge in [0, 0.05) is 12.4 Å². The molecule has 0 atom stereocenters. The van der Waals surface area contributed by atoms with Crippen LogP contribution < -0.4 is 4.74 Å². The lowest BCUT2D eigenvalue weighted by molar-refractivity contribution is -0.137. The van der Waals surface area contributed by atoms with E-state index in [2.05, 4.69) is 10.1 Å². The monoisotopic (exact) mass is 219 g/mol. The second kappa shape index (κ2) is 4.43. The molecule has 6 heteroatoms. The molecule has 0 aliphatic carbocycles. The van der Waals surface area contributed by atoms with Crippen molar-refractivity contribution < 1.29 is 14.6 Å². The quantitative estimate of drug-likeness (QED) is 0.834. The molecule has 0 spiro atoms. The molecule has 16 heavy (non-hydrogen) atoms. The molecule has 0 aliphatic rings. The molecule has 0 saturated heterocycles. The van der Waals surface area contributed by atoms with Crippen LogP contribution in [0.5, 0.6) is 11.5 Å². The van der Waals surface area contributed by atoms with Crippen molar-refractivity contribution in [1.29, 1.82) is 0 Å². The summed E-state index contributed by atoms with van der Waals surface area (Å²) in [5.74, 6) is 0.177. The first-order valence-corrected chi connectivity index (χ1v) is 4.56. The van der Waals surface area contributed by atoms with E-state index in [1.54, 1.807) is 24.5 Å². The molecule has 0 bridgehead atoms. The molecule has 2 rings (SSSR count). The molecule has 2 aromatic rings. The molecule has 2 aromatic heterocycles. The lowest BCUT2D eigenvalue weighted by Crippen LogP contribution is -2.08. The summed E-state index contributed by atoms with van der Waals surface area (Å²) < 4.78 is 6.71. The van der Waals surface area contributed by atoms with Crippen molar-refractivity contribution in [2.75, 3.05) is 0 Å². The number of hydrogen-bond acceptors (Lipinski definition) is 4. The number of carboxylic acid groups (broad SMARTS) is 1. The molecule has 82 valence electrons. The number of ether oxygens (including phenoxy) is 1. The zero-order valence-electron chi connectivity index (χ0n) is 8.28. The van der Waals surface area contributed by atoms with E-state index in [-0.39, 0.29) is 6.54 Å². The Kier molecular flexibility index (Phi) is 2.81. The fraction of sp³-hybridized carbons (Fsp3) is 0.100. The summed E-state index contributed by atoms with van der Waals surface area (Å²) >= 11 is 0. The SMILES string of the molecule is O=C(O)Cn1cc(Oc2ccncc2)cn1. The minimum Gasteiger partial charge on any atom is -0.480 e. The predicted octanol–water partition coefficient (Wildman–Crippen LogP) is 1.16. The van der Waals surface area contributed by atoms with Gasteiger partial charge in [0.25, 0.3) is 0 Å². The van der Waals surface area contributed by atoms with Crippen molar-refractivity contribution in [2.45, 2.75) is 6.54 Å². The largest absolute Gasteiger partial charge is 0.480 e. The van der Waals surface area contributed by atoms with Gasteiger partial charge in [0.2, 0.25) is 0 Å². The molecular formula is C10H9N3O3. The first-order valence-electron chi connectivity index (χ1n) is 4.56. The second-order valence-electron chi connectivity index (χ2n) is 3.05. The summed E-state index contributed by atoms with van der Waals surface area (Å²) in [5, 5.41) is 12.4. The maximum atomic E-state index is 10.4. The van der Waals surface area contributed by atoms with E-state index >= 15 is 0 Å². The molecule has 0 fully saturated rings. The fourth-order valence-electron chi connectivity index (χ4n) is 1.16. The Hall–Kier alpha value is -2.37. The Labute approximate surface area is 91.1 Å². The Balaban J connectivity index is 2.06.